The molecule has 2 aromatic heterocycles. The Hall–Kier alpha value is -1.98. The second-order valence-corrected chi connectivity index (χ2v) is 2.58. The maximum Gasteiger partial charge on any atom is 0.344 e. The van der Waals surface area contributed by atoms with E-state index in [0.717, 1.165) is 5.56 Å². The van der Waals surface area contributed by atoms with Crippen LogP contribution in [-0.4, -0.2) is 25.0 Å². The van der Waals surface area contributed by atoms with Crippen molar-refractivity contribution in [1.29, 1.82) is 0 Å². The third-order valence-corrected chi connectivity index (χ3v) is 1.57. The third kappa shape index (κ3) is 1.46. The summed E-state index contributed by atoms with van der Waals surface area (Å²) in [6, 6.07) is 0. The van der Waals surface area contributed by atoms with E-state index in [4.69, 9.17) is 0 Å². The molecule has 0 radical (unpaired) electrons. The van der Waals surface area contributed by atoms with Gasteiger partial charge in [0.2, 0.25) is 0 Å². The molecule has 2 rings (SSSR count). The Bertz CT molecular complexity index is 451. The van der Waals surface area contributed by atoms with Crippen molar-refractivity contribution in [3.05, 3.63) is 29.1 Å². The summed E-state index contributed by atoms with van der Waals surface area (Å²) >= 11 is 0. The Morgan fingerprint density at radius 1 is 1.54 bits per heavy atom. The van der Waals surface area contributed by atoms with E-state index in [9.17, 15) is 4.79 Å². The number of H-pyrrole nitrogens is 1. The number of hydrogen-bond acceptors (Lipinski definition) is 4. The molecule has 0 atom stereocenters. The molecule has 0 aliphatic rings. The fraction of sp³-hybridized carbons (Fsp3) is 0.143. The van der Waals surface area contributed by atoms with Crippen molar-refractivity contribution >= 4 is 0 Å². The minimum absolute atomic E-state index is 0.368. The lowest BCUT2D eigenvalue weighted by atomic mass is 10.3. The van der Waals surface area contributed by atoms with Gasteiger partial charge in [-0.25, -0.2) is 9.78 Å². The van der Waals surface area contributed by atoms with Crippen LogP contribution < -0.4 is 5.69 Å². The van der Waals surface area contributed by atoms with Crippen LogP contribution in [0.1, 0.15) is 0 Å². The highest BCUT2D eigenvalue weighted by atomic mass is 16.1. The Balaban J connectivity index is 2.47. The van der Waals surface area contributed by atoms with Crippen molar-refractivity contribution in [3.63, 3.8) is 0 Å². The van der Waals surface area contributed by atoms with Crippen LogP contribution in [0, 0.1) is 0 Å². The number of hydrogen-bond donors (Lipinski definition) is 1. The van der Waals surface area contributed by atoms with Crippen LogP contribution in [0.25, 0.3) is 11.3 Å². The van der Waals surface area contributed by atoms with Crippen molar-refractivity contribution in [3.8, 4) is 11.3 Å². The monoisotopic (exact) mass is 177 g/mol. The molecule has 0 bridgehead atoms. The van der Waals surface area contributed by atoms with Gasteiger partial charge in [0.15, 0.2) is 0 Å². The molecule has 2 aromatic rings. The molecule has 0 aliphatic carbocycles. The molecule has 66 valence electrons. The SMILES string of the molecule is Cn1cc(-c2cnc(=O)[nH]c2)nn1. The Kier molecular flexibility index (Phi) is 1.66. The van der Waals surface area contributed by atoms with Gasteiger partial charge in [0.1, 0.15) is 5.69 Å². The highest BCUT2D eigenvalue weighted by Crippen LogP contribution is 2.10. The molecule has 1 N–H and O–H groups in total. The zero-order chi connectivity index (χ0) is 9.26. The van der Waals surface area contributed by atoms with Crippen LogP contribution in [0.2, 0.25) is 0 Å². The van der Waals surface area contributed by atoms with Crippen molar-refractivity contribution in [2.45, 2.75) is 0 Å². The molecular weight excluding hydrogens is 170 g/mol. The molecule has 2 heterocycles. The lowest BCUT2D eigenvalue weighted by Gasteiger charge is -1.90. The molecule has 6 nitrogen and oxygen atoms in total. The molecule has 13 heavy (non-hydrogen) atoms. The molecule has 0 saturated heterocycles. The number of nitrogens with zero attached hydrogens (tertiary/aromatic N) is 4. The summed E-state index contributed by atoms with van der Waals surface area (Å²) in [5.41, 5.74) is 1.06. The lowest BCUT2D eigenvalue weighted by Crippen LogP contribution is -2.07. The molecule has 0 saturated carbocycles. The van der Waals surface area contributed by atoms with Crippen molar-refractivity contribution in [2.75, 3.05) is 0 Å². The minimum Gasteiger partial charge on any atom is -0.312 e. The van der Waals surface area contributed by atoms with Gasteiger partial charge in [-0.2, -0.15) is 0 Å². The summed E-state index contributed by atoms with van der Waals surface area (Å²) in [7, 11) is 1.77. The van der Waals surface area contributed by atoms with Crippen LogP contribution in [0.3, 0.4) is 0 Å². The summed E-state index contributed by atoms with van der Waals surface area (Å²) in [6.07, 6.45) is 4.76. The number of aryl methyl sites for hydroxylation is 1. The quantitative estimate of drug-likeness (QED) is 0.641. The number of aromatic nitrogens is 5. The number of aromatic amines is 1. The molecule has 6 heteroatoms. The van der Waals surface area contributed by atoms with Gasteiger partial charge in [-0.1, -0.05) is 5.21 Å². The fourth-order valence-electron chi connectivity index (χ4n) is 0.962. The molecule has 0 amide bonds. The first-order valence-corrected chi connectivity index (χ1v) is 3.67. The lowest BCUT2D eigenvalue weighted by molar-refractivity contribution is 0.715. The molecule has 0 spiro atoms. The van der Waals surface area contributed by atoms with Gasteiger partial charge in [0, 0.05) is 25.0 Å². The zero-order valence-electron chi connectivity index (χ0n) is 6.93. The number of nitrogens with one attached hydrogen (secondary N) is 1. The molecule has 0 unspecified atom stereocenters. The van der Waals surface area contributed by atoms with Crippen molar-refractivity contribution < 1.29 is 0 Å². The highest BCUT2D eigenvalue weighted by molar-refractivity contribution is 5.54. The maximum atomic E-state index is 10.7. The standard InChI is InChI=1S/C7H7N5O/c1-12-4-6(10-11-12)5-2-8-7(13)9-3-5/h2-4H,1H3,(H,8,9,13). The highest BCUT2D eigenvalue weighted by Gasteiger charge is 2.01. The zero-order valence-corrected chi connectivity index (χ0v) is 6.93. The van der Waals surface area contributed by atoms with Gasteiger partial charge in [0.05, 0.1) is 6.20 Å². The summed E-state index contributed by atoms with van der Waals surface area (Å²) in [5.74, 6) is 0. The maximum absolute atomic E-state index is 10.7. The Morgan fingerprint density at radius 3 is 2.92 bits per heavy atom. The molecular formula is C7H7N5O. The molecule has 0 aliphatic heterocycles. The van der Waals surface area contributed by atoms with Gasteiger partial charge in [-0.3, -0.25) is 4.68 Å². The minimum atomic E-state index is -0.368. The van der Waals surface area contributed by atoms with Gasteiger partial charge in [0.25, 0.3) is 0 Å². The van der Waals surface area contributed by atoms with E-state index < -0.39 is 0 Å². The van der Waals surface area contributed by atoms with E-state index in [-0.39, 0.29) is 5.69 Å². The van der Waals surface area contributed by atoms with E-state index in [1.54, 1.807) is 24.1 Å². The van der Waals surface area contributed by atoms with Gasteiger partial charge < -0.3 is 4.98 Å². The van der Waals surface area contributed by atoms with Gasteiger partial charge in [-0.15, -0.1) is 5.10 Å². The molecule has 0 aromatic carbocycles. The summed E-state index contributed by atoms with van der Waals surface area (Å²) in [6.45, 7) is 0. The predicted molar refractivity (Wildman–Crippen MR) is 44.9 cm³/mol. The smallest absolute Gasteiger partial charge is 0.312 e. The average molecular weight is 177 g/mol. The number of rotatable bonds is 1. The summed E-state index contributed by atoms with van der Waals surface area (Å²) in [5, 5.41) is 7.63. The Morgan fingerprint density at radius 2 is 2.38 bits per heavy atom. The van der Waals surface area contributed by atoms with Crippen LogP contribution >= 0.6 is 0 Å². The first-order chi connectivity index (χ1) is 6.25. The first kappa shape index (κ1) is 7.66. The Labute approximate surface area is 73.2 Å². The topological polar surface area (TPSA) is 76.5 Å². The van der Waals surface area contributed by atoms with Crippen molar-refractivity contribution in [1.82, 2.24) is 25.0 Å². The second kappa shape index (κ2) is 2.81. The van der Waals surface area contributed by atoms with E-state index in [1.165, 1.54) is 6.20 Å². The van der Waals surface area contributed by atoms with Crippen LogP contribution in [0.15, 0.2) is 23.4 Å². The van der Waals surface area contributed by atoms with Crippen LogP contribution in [0.4, 0.5) is 0 Å². The normalized spacial score (nSPS) is 10.2. The summed E-state index contributed by atoms with van der Waals surface area (Å²) < 4.78 is 1.58. The first-order valence-electron chi connectivity index (χ1n) is 3.67. The fourth-order valence-corrected chi connectivity index (χ4v) is 0.962. The molecule has 0 fully saturated rings. The van der Waals surface area contributed by atoms with Gasteiger partial charge >= 0.3 is 5.69 Å². The van der Waals surface area contributed by atoms with Crippen LogP contribution in [-0.2, 0) is 7.05 Å². The second-order valence-electron chi connectivity index (χ2n) is 2.58. The van der Waals surface area contributed by atoms with E-state index in [1.807, 2.05) is 0 Å². The van der Waals surface area contributed by atoms with E-state index >= 15 is 0 Å². The largest absolute Gasteiger partial charge is 0.344 e. The van der Waals surface area contributed by atoms with Gasteiger partial charge in [-0.05, 0) is 0 Å². The third-order valence-electron chi connectivity index (χ3n) is 1.57. The van der Waals surface area contributed by atoms with E-state index in [0.29, 0.717) is 5.69 Å². The van der Waals surface area contributed by atoms with E-state index in [2.05, 4.69) is 20.3 Å². The summed E-state index contributed by atoms with van der Waals surface area (Å²) in [4.78, 5) is 16.7. The van der Waals surface area contributed by atoms with Crippen LogP contribution in [0.5, 0.6) is 0 Å². The van der Waals surface area contributed by atoms with Crippen molar-refractivity contribution in [2.24, 2.45) is 7.05 Å². The predicted octanol–water partition coefficient (Wildman–Crippen LogP) is -0.435. The average Bonchev–Trinajstić information content (AvgIpc) is 2.53.